The van der Waals surface area contributed by atoms with Gasteiger partial charge in [-0.1, -0.05) is 206 Å². The Morgan fingerprint density at radius 1 is 0.183 bits per heavy atom. The van der Waals surface area contributed by atoms with Gasteiger partial charge < -0.3 is 0 Å². The Bertz CT molecular complexity index is 3000. The van der Waals surface area contributed by atoms with Crippen molar-refractivity contribution < 1.29 is 0 Å². The first-order valence-electron chi connectivity index (χ1n) is 20.0. The maximum absolute atomic E-state index is 5.15. The third-order valence-corrected chi connectivity index (χ3v) is 10.6. The highest BCUT2D eigenvalue weighted by atomic mass is 15.0. The lowest BCUT2D eigenvalue weighted by Crippen LogP contribution is -2.01. The number of rotatable bonds is 9. The molecule has 2 heterocycles. The minimum absolute atomic E-state index is 0.606. The van der Waals surface area contributed by atoms with Crippen molar-refractivity contribution in [1.82, 2.24) is 24.9 Å². The van der Waals surface area contributed by atoms with Crippen molar-refractivity contribution in [3.63, 3.8) is 0 Å². The Balaban J connectivity index is 1.02. The van der Waals surface area contributed by atoms with E-state index in [0.29, 0.717) is 23.3 Å². The first-order chi connectivity index (χ1) is 29.7. The zero-order valence-corrected chi connectivity index (χ0v) is 32.6. The Morgan fingerprint density at radius 2 is 0.533 bits per heavy atom. The predicted molar refractivity (Wildman–Crippen MR) is 244 cm³/mol. The van der Waals surface area contributed by atoms with Crippen molar-refractivity contribution in [2.24, 2.45) is 0 Å². The fraction of sp³-hybridized carbons (Fsp3) is 0. The first-order valence-corrected chi connectivity index (χ1v) is 20.0. The molecule has 0 aliphatic carbocycles. The van der Waals surface area contributed by atoms with E-state index >= 15 is 0 Å². The van der Waals surface area contributed by atoms with Crippen LogP contribution >= 0.6 is 0 Å². The second-order valence-corrected chi connectivity index (χ2v) is 14.5. The van der Waals surface area contributed by atoms with Gasteiger partial charge in [-0.3, -0.25) is 0 Å². The minimum atomic E-state index is 0.606. The zero-order valence-electron chi connectivity index (χ0n) is 32.6. The van der Waals surface area contributed by atoms with E-state index in [0.717, 1.165) is 72.6 Å². The summed E-state index contributed by atoms with van der Waals surface area (Å²) in [6.45, 7) is 0. The van der Waals surface area contributed by atoms with E-state index in [2.05, 4.69) is 133 Å². The lowest BCUT2D eigenvalue weighted by Gasteiger charge is -2.13. The highest BCUT2D eigenvalue weighted by molar-refractivity contribution is 5.84. The summed E-state index contributed by atoms with van der Waals surface area (Å²) in [6.07, 6.45) is 0. The van der Waals surface area contributed by atoms with E-state index in [1.54, 1.807) is 0 Å². The summed E-state index contributed by atoms with van der Waals surface area (Å²) in [6, 6.07) is 77.0. The molecule has 0 radical (unpaired) electrons. The normalized spacial score (nSPS) is 11.0. The number of aromatic nitrogens is 5. The molecule has 10 aromatic rings. The number of benzene rings is 8. The molecule has 0 atom stereocenters. The molecule has 0 saturated heterocycles. The van der Waals surface area contributed by atoms with Gasteiger partial charge in [-0.25, -0.2) is 24.9 Å². The van der Waals surface area contributed by atoms with Crippen LogP contribution in [0.1, 0.15) is 0 Å². The summed E-state index contributed by atoms with van der Waals surface area (Å²) in [4.78, 5) is 25.3. The molecule has 0 bridgehead atoms. The van der Waals surface area contributed by atoms with Crippen LogP contribution in [0.25, 0.3) is 101 Å². The molecule has 0 unspecified atom stereocenters. The summed E-state index contributed by atoms with van der Waals surface area (Å²) in [5, 5.41) is 0. The predicted octanol–water partition coefficient (Wildman–Crippen LogP) is 13.7. The van der Waals surface area contributed by atoms with Crippen LogP contribution in [0.4, 0.5) is 0 Å². The van der Waals surface area contributed by atoms with E-state index in [9.17, 15) is 0 Å². The summed E-state index contributed by atoms with van der Waals surface area (Å²) >= 11 is 0. The molecule has 60 heavy (non-hydrogen) atoms. The quantitative estimate of drug-likeness (QED) is 0.146. The van der Waals surface area contributed by atoms with Crippen molar-refractivity contribution in [3.8, 4) is 101 Å². The van der Waals surface area contributed by atoms with Crippen molar-refractivity contribution in [2.75, 3.05) is 0 Å². The van der Waals surface area contributed by atoms with E-state index in [-0.39, 0.29) is 0 Å². The SMILES string of the molecule is c1ccc(-c2cccc(-c3ccccc3-c3nc(-c4ccccc4)nc(-c4ccc(-c5cccc(-c6cc(-c7ccccc7)nc(-c7ccccc7)n6)c5)cc4)n3)c2)cc1. The van der Waals surface area contributed by atoms with E-state index in [4.69, 9.17) is 24.9 Å². The van der Waals surface area contributed by atoms with Crippen LogP contribution in [-0.2, 0) is 0 Å². The molecule has 0 fully saturated rings. The van der Waals surface area contributed by atoms with Gasteiger partial charge in [-0.15, -0.1) is 0 Å². The molecule has 8 aromatic carbocycles. The third kappa shape index (κ3) is 7.63. The van der Waals surface area contributed by atoms with Gasteiger partial charge in [0.1, 0.15) is 0 Å². The van der Waals surface area contributed by atoms with Crippen LogP contribution in [-0.4, -0.2) is 24.9 Å². The summed E-state index contributed by atoms with van der Waals surface area (Å²) in [5.74, 6) is 2.53. The van der Waals surface area contributed by atoms with Gasteiger partial charge >= 0.3 is 0 Å². The zero-order chi connectivity index (χ0) is 40.1. The Labute approximate surface area is 349 Å². The van der Waals surface area contributed by atoms with Crippen LogP contribution < -0.4 is 0 Å². The molecule has 0 aliphatic heterocycles. The molecule has 5 heteroatoms. The summed E-state index contributed by atoms with van der Waals surface area (Å²) in [5.41, 5.74) is 14.1. The molecule has 282 valence electrons. The molecule has 10 rings (SSSR count). The van der Waals surface area contributed by atoms with E-state index in [1.165, 1.54) is 5.56 Å². The van der Waals surface area contributed by atoms with Crippen LogP contribution in [0.3, 0.4) is 0 Å². The standard InChI is InChI=1S/C55H37N5/c1-5-17-38(18-6-1)44-25-15-27-46(35-44)48-29-13-14-30-49(48)55-59-53(42-23-11-4-12-24-42)58-54(60-55)43-33-31-39(32-34-43)45-26-16-28-47(36-45)51-37-50(40-19-7-2-8-20-40)56-52(57-51)41-21-9-3-10-22-41/h1-37H. The Morgan fingerprint density at radius 3 is 1.12 bits per heavy atom. The minimum Gasteiger partial charge on any atom is -0.228 e. The molecule has 0 saturated carbocycles. The van der Waals surface area contributed by atoms with E-state index in [1.807, 2.05) is 91.0 Å². The Kier molecular flexibility index (Phi) is 9.88. The molecular weight excluding hydrogens is 731 g/mol. The summed E-state index contributed by atoms with van der Waals surface area (Å²) in [7, 11) is 0. The lowest BCUT2D eigenvalue weighted by molar-refractivity contribution is 1.07. The highest BCUT2D eigenvalue weighted by Crippen LogP contribution is 2.35. The lowest BCUT2D eigenvalue weighted by atomic mass is 9.95. The van der Waals surface area contributed by atoms with Gasteiger partial charge in [0, 0.05) is 33.4 Å². The van der Waals surface area contributed by atoms with Gasteiger partial charge in [-0.2, -0.15) is 0 Å². The van der Waals surface area contributed by atoms with Crippen molar-refractivity contribution in [1.29, 1.82) is 0 Å². The van der Waals surface area contributed by atoms with Gasteiger partial charge in [-0.05, 0) is 51.6 Å². The largest absolute Gasteiger partial charge is 0.228 e. The number of hydrogen-bond donors (Lipinski definition) is 0. The van der Waals surface area contributed by atoms with Crippen LogP contribution in [0.5, 0.6) is 0 Å². The third-order valence-electron chi connectivity index (χ3n) is 10.6. The maximum atomic E-state index is 5.15. The van der Waals surface area contributed by atoms with E-state index < -0.39 is 0 Å². The van der Waals surface area contributed by atoms with Crippen LogP contribution in [0.2, 0.25) is 0 Å². The fourth-order valence-corrected chi connectivity index (χ4v) is 7.51. The van der Waals surface area contributed by atoms with Crippen molar-refractivity contribution >= 4 is 0 Å². The molecular formula is C55H37N5. The molecule has 0 aliphatic rings. The second kappa shape index (κ2) is 16.4. The molecule has 0 spiro atoms. The van der Waals surface area contributed by atoms with Crippen molar-refractivity contribution in [3.05, 3.63) is 224 Å². The van der Waals surface area contributed by atoms with Gasteiger partial charge in [0.15, 0.2) is 23.3 Å². The monoisotopic (exact) mass is 767 g/mol. The van der Waals surface area contributed by atoms with Crippen LogP contribution in [0, 0.1) is 0 Å². The maximum Gasteiger partial charge on any atom is 0.164 e. The fourth-order valence-electron chi connectivity index (χ4n) is 7.51. The topological polar surface area (TPSA) is 64.5 Å². The average molecular weight is 768 g/mol. The smallest absolute Gasteiger partial charge is 0.164 e. The number of hydrogen-bond acceptors (Lipinski definition) is 5. The number of nitrogens with zero attached hydrogens (tertiary/aromatic N) is 5. The molecule has 5 nitrogen and oxygen atoms in total. The van der Waals surface area contributed by atoms with Crippen LogP contribution in [0.15, 0.2) is 224 Å². The highest BCUT2D eigenvalue weighted by Gasteiger charge is 2.17. The van der Waals surface area contributed by atoms with Gasteiger partial charge in [0.2, 0.25) is 0 Å². The molecule has 2 aromatic heterocycles. The second-order valence-electron chi connectivity index (χ2n) is 14.5. The van der Waals surface area contributed by atoms with Crippen molar-refractivity contribution in [2.45, 2.75) is 0 Å². The van der Waals surface area contributed by atoms with Gasteiger partial charge in [0.05, 0.1) is 11.4 Å². The average Bonchev–Trinajstić information content (AvgIpc) is 3.35. The summed E-state index contributed by atoms with van der Waals surface area (Å²) < 4.78 is 0. The Hall–Kier alpha value is -8.15. The first kappa shape index (κ1) is 36.2. The molecule has 0 N–H and O–H groups in total. The molecule has 0 amide bonds. The van der Waals surface area contributed by atoms with Gasteiger partial charge in [0.25, 0.3) is 0 Å².